The second-order valence-corrected chi connectivity index (χ2v) is 6.89. The van der Waals surface area contributed by atoms with E-state index in [1.165, 1.54) is 0 Å². The van der Waals surface area contributed by atoms with Crippen LogP contribution < -0.4 is 0 Å². The Balaban J connectivity index is 1.75. The predicted molar refractivity (Wildman–Crippen MR) is 89.3 cm³/mol. The van der Waals surface area contributed by atoms with Crippen molar-refractivity contribution in [1.29, 1.82) is 0 Å². The number of carbonyl (C=O) groups excluding carboxylic acids is 1. The lowest BCUT2D eigenvalue weighted by Gasteiger charge is -2.29. The molecule has 122 valence electrons. The number of nitrogens with one attached hydrogen (secondary N) is 1. The molecule has 0 unspecified atom stereocenters. The summed E-state index contributed by atoms with van der Waals surface area (Å²) in [4.78, 5) is 25.6. The van der Waals surface area contributed by atoms with Crippen LogP contribution >= 0.6 is 11.6 Å². The minimum absolute atomic E-state index is 0.290. The molecule has 0 saturated heterocycles. The van der Waals surface area contributed by atoms with Crippen LogP contribution in [0.2, 0.25) is 5.02 Å². The summed E-state index contributed by atoms with van der Waals surface area (Å²) in [5, 5.41) is 0.598. The highest BCUT2D eigenvalue weighted by Crippen LogP contribution is 2.25. The van der Waals surface area contributed by atoms with Crippen molar-refractivity contribution in [2.75, 3.05) is 13.1 Å². The Kier molecular flexibility index (Phi) is 4.02. The Morgan fingerprint density at radius 2 is 2.22 bits per heavy atom. The Morgan fingerprint density at radius 3 is 2.83 bits per heavy atom. The average molecular weight is 335 g/mol. The van der Waals surface area contributed by atoms with Crippen LogP contribution in [0.4, 0.5) is 4.79 Å². The van der Waals surface area contributed by atoms with Crippen molar-refractivity contribution < 1.29 is 9.53 Å². The van der Waals surface area contributed by atoms with Gasteiger partial charge in [0.15, 0.2) is 5.65 Å². The first-order chi connectivity index (χ1) is 10.8. The number of imidazole rings is 1. The topological polar surface area (TPSA) is 71.1 Å². The summed E-state index contributed by atoms with van der Waals surface area (Å²) in [6.07, 6.45) is 4.03. The van der Waals surface area contributed by atoms with Crippen LogP contribution in [0.15, 0.2) is 18.3 Å². The van der Waals surface area contributed by atoms with E-state index in [1.54, 1.807) is 17.2 Å². The van der Waals surface area contributed by atoms with Crippen LogP contribution in [-0.4, -0.2) is 44.6 Å². The fourth-order valence-electron chi connectivity index (χ4n) is 2.41. The standard InChI is InChI=1S/C16H19ClN4O2/c1-16(2,3)23-15(22)21-8-5-10(6-9-21)13-19-12-11(17)4-7-18-14(12)20-13/h4-5,7H,6,8-9H2,1-3H3,(H,18,19,20). The number of carbonyl (C=O) groups is 1. The number of hydrogen-bond acceptors (Lipinski definition) is 4. The van der Waals surface area contributed by atoms with Crippen LogP contribution in [0.5, 0.6) is 0 Å². The van der Waals surface area contributed by atoms with Crippen molar-refractivity contribution >= 4 is 34.4 Å². The van der Waals surface area contributed by atoms with E-state index in [2.05, 4.69) is 15.0 Å². The molecule has 1 aliphatic rings. The highest BCUT2D eigenvalue weighted by atomic mass is 35.5. The van der Waals surface area contributed by atoms with Gasteiger partial charge in [0.25, 0.3) is 0 Å². The number of amides is 1. The summed E-state index contributed by atoms with van der Waals surface area (Å²) in [6, 6.07) is 1.73. The molecule has 23 heavy (non-hydrogen) atoms. The zero-order valence-electron chi connectivity index (χ0n) is 13.4. The fraction of sp³-hybridized carbons (Fsp3) is 0.438. The molecule has 2 aromatic heterocycles. The van der Waals surface area contributed by atoms with Gasteiger partial charge in [-0.25, -0.2) is 14.8 Å². The monoisotopic (exact) mass is 334 g/mol. The van der Waals surface area contributed by atoms with Gasteiger partial charge in [-0.2, -0.15) is 0 Å². The molecule has 0 saturated carbocycles. The van der Waals surface area contributed by atoms with E-state index in [9.17, 15) is 4.79 Å². The van der Waals surface area contributed by atoms with E-state index >= 15 is 0 Å². The van der Waals surface area contributed by atoms with E-state index < -0.39 is 5.60 Å². The summed E-state index contributed by atoms with van der Waals surface area (Å²) >= 11 is 6.14. The second-order valence-electron chi connectivity index (χ2n) is 6.48. The molecular formula is C16H19ClN4O2. The Labute approximate surface area is 139 Å². The molecule has 0 bridgehead atoms. The lowest BCUT2D eigenvalue weighted by atomic mass is 10.1. The SMILES string of the molecule is CC(C)(C)OC(=O)N1CC=C(c2nc3nccc(Cl)c3[nH]2)CC1. The number of H-pyrrole nitrogens is 1. The Morgan fingerprint density at radius 1 is 1.43 bits per heavy atom. The number of halogens is 1. The van der Waals surface area contributed by atoms with Crippen LogP contribution in [0, 0.1) is 0 Å². The summed E-state index contributed by atoms with van der Waals surface area (Å²) in [6.45, 7) is 6.69. The lowest BCUT2D eigenvalue weighted by Crippen LogP contribution is -2.39. The number of hydrogen-bond donors (Lipinski definition) is 1. The van der Waals surface area contributed by atoms with Gasteiger partial charge in [-0.1, -0.05) is 17.7 Å². The molecule has 0 atom stereocenters. The van der Waals surface area contributed by atoms with Gasteiger partial charge in [-0.05, 0) is 38.8 Å². The Bertz CT molecular complexity index is 776. The maximum Gasteiger partial charge on any atom is 0.410 e. The smallest absolute Gasteiger partial charge is 0.410 e. The predicted octanol–water partition coefficient (Wildman–Crippen LogP) is 3.64. The van der Waals surface area contributed by atoms with E-state index in [0.29, 0.717) is 30.2 Å². The van der Waals surface area contributed by atoms with Gasteiger partial charge in [-0.3, -0.25) is 0 Å². The van der Waals surface area contributed by atoms with Gasteiger partial charge >= 0.3 is 6.09 Å². The molecule has 1 amide bonds. The highest BCUT2D eigenvalue weighted by Gasteiger charge is 2.24. The molecular weight excluding hydrogens is 316 g/mol. The van der Waals surface area contributed by atoms with Crippen molar-refractivity contribution in [2.24, 2.45) is 0 Å². The first-order valence-corrected chi connectivity index (χ1v) is 7.89. The molecule has 0 fully saturated rings. The molecule has 2 aromatic rings. The minimum atomic E-state index is -0.484. The van der Waals surface area contributed by atoms with Gasteiger partial charge in [-0.15, -0.1) is 0 Å². The molecule has 0 aliphatic carbocycles. The lowest BCUT2D eigenvalue weighted by molar-refractivity contribution is 0.0270. The van der Waals surface area contributed by atoms with Gasteiger partial charge < -0.3 is 14.6 Å². The quantitative estimate of drug-likeness (QED) is 0.864. The van der Waals surface area contributed by atoms with E-state index in [1.807, 2.05) is 26.8 Å². The van der Waals surface area contributed by atoms with Crippen LogP contribution in [0.3, 0.4) is 0 Å². The molecule has 7 heteroatoms. The molecule has 0 radical (unpaired) electrons. The zero-order chi connectivity index (χ0) is 16.6. The normalized spacial score (nSPS) is 15.7. The summed E-state index contributed by atoms with van der Waals surface area (Å²) < 4.78 is 5.39. The van der Waals surface area contributed by atoms with Crippen molar-refractivity contribution in [3.63, 3.8) is 0 Å². The molecule has 1 aliphatic heterocycles. The molecule has 0 aromatic carbocycles. The summed E-state index contributed by atoms with van der Waals surface area (Å²) in [5.74, 6) is 0.754. The largest absolute Gasteiger partial charge is 0.444 e. The number of rotatable bonds is 1. The third kappa shape index (κ3) is 3.47. The van der Waals surface area contributed by atoms with E-state index in [4.69, 9.17) is 16.3 Å². The molecule has 0 spiro atoms. The molecule has 6 nitrogen and oxygen atoms in total. The first kappa shape index (κ1) is 15.8. The Hall–Kier alpha value is -2.08. The van der Waals surface area contributed by atoms with Gasteiger partial charge in [0.05, 0.1) is 5.02 Å². The first-order valence-electron chi connectivity index (χ1n) is 7.51. The zero-order valence-corrected chi connectivity index (χ0v) is 14.1. The third-order valence-electron chi connectivity index (χ3n) is 3.51. The van der Waals surface area contributed by atoms with E-state index in [0.717, 1.165) is 16.9 Å². The summed E-state index contributed by atoms with van der Waals surface area (Å²) in [7, 11) is 0. The summed E-state index contributed by atoms with van der Waals surface area (Å²) in [5.41, 5.74) is 1.91. The molecule has 1 N–H and O–H groups in total. The third-order valence-corrected chi connectivity index (χ3v) is 3.82. The number of fused-ring (bicyclic) bond motifs is 1. The van der Waals surface area contributed by atoms with Gasteiger partial charge in [0.1, 0.15) is 16.9 Å². The van der Waals surface area contributed by atoms with Crippen LogP contribution in [0.25, 0.3) is 16.7 Å². The second kappa shape index (κ2) is 5.85. The maximum absolute atomic E-state index is 12.1. The number of aromatic amines is 1. The van der Waals surface area contributed by atoms with Crippen molar-refractivity contribution in [3.05, 3.63) is 29.2 Å². The fourth-order valence-corrected chi connectivity index (χ4v) is 2.60. The van der Waals surface area contributed by atoms with Crippen molar-refractivity contribution in [3.8, 4) is 0 Å². The minimum Gasteiger partial charge on any atom is -0.444 e. The number of pyridine rings is 1. The van der Waals surface area contributed by atoms with Crippen LogP contribution in [0.1, 0.15) is 33.0 Å². The van der Waals surface area contributed by atoms with Crippen LogP contribution in [-0.2, 0) is 4.74 Å². The van der Waals surface area contributed by atoms with Gasteiger partial charge in [0, 0.05) is 19.3 Å². The van der Waals surface area contributed by atoms with Crippen molar-refractivity contribution in [2.45, 2.75) is 32.8 Å². The van der Waals surface area contributed by atoms with E-state index in [-0.39, 0.29) is 6.09 Å². The number of ether oxygens (including phenoxy) is 1. The maximum atomic E-state index is 12.1. The van der Waals surface area contributed by atoms with Gasteiger partial charge in [0.2, 0.25) is 0 Å². The average Bonchev–Trinajstić information content (AvgIpc) is 2.91. The number of aromatic nitrogens is 3. The van der Waals surface area contributed by atoms with Crippen molar-refractivity contribution in [1.82, 2.24) is 19.9 Å². The molecule has 3 rings (SSSR count). The highest BCUT2D eigenvalue weighted by molar-refractivity contribution is 6.34. The number of nitrogens with zero attached hydrogens (tertiary/aromatic N) is 3. The molecule has 3 heterocycles.